The van der Waals surface area contributed by atoms with Gasteiger partial charge in [0.05, 0.1) is 9.82 Å². The van der Waals surface area contributed by atoms with E-state index in [0.717, 1.165) is 47.6 Å². The first-order valence-corrected chi connectivity index (χ1v) is 11.8. The van der Waals surface area contributed by atoms with Gasteiger partial charge in [0.1, 0.15) is 11.3 Å². The van der Waals surface area contributed by atoms with Crippen LogP contribution >= 0.6 is 0 Å². The molecular weight excluding hydrogens is 416 g/mol. The third-order valence-corrected chi connectivity index (χ3v) is 7.72. The van der Waals surface area contributed by atoms with Crippen molar-refractivity contribution in [3.8, 4) is 0 Å². The third-order valence-electron chi connectivity index (χ3n) is 6.19. The molecule has 0 amide bonds. The standard InChI is InChI=1S/C23H26N2O5S/c1-14-5-8-17(25(26)27)13-22(14)31(28,29)24-16-7-10-21-19(12-16)18-11-15(23(2,3)4)6-9-20(18)30-21/h5,7-8,10,12-13,15,24H,6,9,11H2,1-4H3/t15-/m0/s1. The van der Waals surface area contributed by atoms with Crippen molar-refractivity contribution in [2.24, 2.45) is 11.3 Å². The Kier molecular flexibility index (Phi) is 5.08. The molecule has 0 radical (unpaired) electrons. The zero-order chi connectivity index (χ0) is 22.6. The molecule has 3 aromatic rings. The van der Waals surface area contributed by atoms with Crippen LogP contribution in [0.3, 0.4) is 0 Å². The van der Waals surface area contributed by atoms with E-state index in [2.05, 4.69) is 25.5 Å². The lowest BCUT2D eigenvalue weighted by Gasteiger charge is -2.33. The Morgan fingerprint density at radius 1 is 1.16 bits per heavy atom. The molecule has 0 aliphatic heterocycles. The molecule has 0 saturated heterocycles. The Hall–Kier alpha value is -2.87. The van der Waals surface area contributed by atoms with E-state index in [9.17, 15) is 18.5 Å². The van der Waals surface area contributed by atoms with Crippen LogP contribution in [-0.4, -0.2) is 13.3 Å². The average Bonchev–Trinajstić information content (AvgIpc) is 3.04. The maximum atomic E-state index is 13.0. The Balaban J connectivity index is 1.70. The maximum Gasteiger partial charge on any atom is 0.270 e. The number of rotatable bonds is 4. The van der Waals surface area contributed by atoms with Crippen LogP contribution in [0.5, 0.6) is 0 Å². The highest BCUT2D eigenvalue weighted by Crippen LogP contribution is 2.41. The number of nitrogens with zero attached hydrogens (tertiary/aromatic N) is 1. The molecule has 1 atom stereocenters. The molecular formula is C23H26N2O5S. The van der Waals surface area contributed by atoms with Crippen LogP contribution in [0.4, 0.5) is 11.4 Å². The van der Waals surface area contributed by atoms with Gasteiger partial charge in [-0.05, 0) is 54.9 Å². The zero-order valence-corrected chi connectivity index (χ0v) is 18.9. The fourth-order valence-corrected chi connectivity index (χ4v) is 5.60. The number of anilines is 1. The predicted octanol–water partition coefficient (Wildman–Crippen LogP) is 5.60. The van der Waals surface area contributed by atoms with Crippen molar-refractivity contribution in [1.29, 1.82) is 0 Å². The van der Waals surface area contributed by atoms with Gasteiger partial charge in [-0.25, -0.2) is 8.42 Å². The lowest BCUT2D eigenvalue weighted by molar-refractivity contribution is -0.385. The highest BCUT2D eigenvalue weighted by Gasteiger charge is 2.32. The van der Waals surface area contributed by atoms with Gasteiger partial charge >= 0.3 is 0 Å². The predicted molar refractivity (Wildman–Crippen MR) is 120 cm³/mol. The Morgan fingerprint density at radius 2 is 1.90 bits per heavy atom. The molecule has 2 aromatic carbocycles. The number of hydrogen-bond donors (Lipinski definition) is 1. The molecule has 1 aliphatic carbocycles. The van der Waals surface area contributed by atoms with Gasteiger partial charge < -0.3 is 4.42 Å². The van der Waals surface area contributed by atoms with E-state index in [-0.39, 0.29) is 16.0 Å². The highest BCUT2D eigenvalue weighted by atomic mass is 32.2. The molecule has 4 rings (SSSR count). The molecule has 0 bridgehead atoms. The van der Waals surface area contributed by atoms with Crippen molar-refractivity contribution in [1.82, 2.24) is 0 Å². The molecule has 164 valence electrons. The molecule has 1 aromatic heterocycles. The first-order valence-electron chi connectivity index (χ1n) is 10.3. The van der Waals surface area contributed by atoms with Crippen molar-refractivity contribution >= 4 is 32.4 Å². The summed E-state index contributed by atoms with van der Waals surface area (Å²) in [5.41, 5.74) is 2.65. The molecule has 7 nitrogen and oxygen atoms in total. The number of nitro groups is 1. The lowest BCUT2D eigenvalue weighted by atomic mass is 9.71. The second-order valence-electron chi connectivity index (χ2n) is 9.33. The molecule has 0 saturated carbocycles. The molecule has 0 fully saturated rings. The van der Waals surface area contributed by atoms with E-state index in [0.29, 0.717) is 17.2 Å². The number of furan rings is 1. The van der Waals surface area contributed by atoms with E-state index >= 15 is 0 Å². The van der Waals surface area contributed by atoms with Crippen LogP contribution < -0.4 is 4.72 Å². The van der Waals surface area contributed by atoms with Crippen LogP contribution in [0.1, 0.15) is 44.1 Å². The Labute approximate surface area is 181 Å². The molecule has 31 heavy (non-hydrogen) atoms. The van der Waals surface area contributed by atoms with Crippen LogP contribution in [0.25, 0.3) is 11.0 Å². The average molecular weight is 443 g/mol. The van der Waals surface area contributed by atoms with Crippen LogP contribution in [0, 0.1) is 28.4 Å². The number of sulfonamides is 1. The summed E-state index contributed by atoms with van der Waals surface area (Å²) in [5, 5.41) is 12.0. The summed E-state index contributed by atoms with van der Waals surface area (Å²) < 4.78 is 34.6. The summed E-state index contributed by atoms with van der Waals surface area (Å²) in [6, 6.07) is 9.05. The summed E-state index contributed by atoms with van der Waals surface area (Å²) in [7, 11) is -3.99. The summed E-state index contributed by atoms with van der Waals surface area (Å²) in [4.78, 5) is 10.4. The zero-order valence-electron chi connectivity index (χ0n) is 18.1. The summed E-state index contributed by atoms with van der Waals surface area (Å²) in [5.74, 6) is 1.50. The van der Waals surface area contributed by atoms with Crippen molar-refractivity contribution in [2.45, 2.75) is 51.9 Å². The van der Waals surface area contributed by atoms with Gasteiger partial charge in [-0.15, -0.1) is 0 Å². The van der Waals surface area contributed by atoms with E-state index in [1.54, 1.807) is 25.1 Å². The van der Waals surface area contributed by atoms with Gasteiger partial charge in [0, 0.05) is 35.2 Å². The fraction of sp³-hybridized carbons (Fsp3) is 0.391. The SMILES string of the molecule is Cc1ccc([N+](=O)[O-])cc1S(=O)(=O)Nc1ccc2oc3c(c2c1)C[C@@H](C(C)(C)C)CC3. The topological polar surface area (TPSA) is 102 Å². The minimum absolute atomic E-state index is 0.108. The Bertz CT molecular complexity index is 1290. The molecule has 0 unspecified atom stereocenters. The normalized spacial score (nSPS) is 16.8. The van der Waals surface area contributed by atoms with Crippen LogP contribution in [-0.2, 0) is 22.9 Å². The first kappa shape index (κ1) is 21.4. The number of aryl methyl sites for hydroxylation is 2. The van der Waals surface area contributed by atoms with Crippen LogP contribution in [0.15, 0.2) is 45.7 Å². The number of benzene rings is 2. The molecule has 1 N–H and O–H groups in total. The number of nitro benzene ring substituents is 1. The van der Waals surface area contributed by atoms with E-state index < -0.39 is 14.9 Å². The maximum absolute atomic E-state index is 13.0. The number of non-ortho nitro benzene ring substituents is 1. The van der Waals surface area contributed by atoms with E-state index in [4.69, 9.17) is 4.42 Å². The highest BCUT2D eigenvalue weighted by molar-refractivity contribution is 7.92. The second kappa shape index (κ2) is 7.37. The van der Waals surface area contributed by atoms with Gasteiger partial charge in [-0.1, -0.05) is 26.8 Å². The van der Waals surface area contributed by atoms with Gasteiger partial charge in [0.25, 0.3) is 15.7 Å². The molecule has 8 heteroatoms. The van der Waals surface area contributed by atoms with Gasteiger partial charge in [0.15, 0.2) is 0 Å². The lowest BCUT2D eigenvalue weighted by Crippen LogP contribution is -2.26. The smallest absolute Gasteiger partial charge is 0.270 e. The van der Waals surface area contributed by atoms with Crippen molar-refractivity contribution in [2.75, 3.05) is 4.72 Å². The summed E-state index contributed by atoms with van der Waals surface area (Å²) >= 11 is 0. The van der Waals surface area contributed by atoms with Crippen molar-refractivity contribution in [3.05, 3.63) is 63.4 Å². The first-order chi connectivity index (χ1) is 14.5. The largest absolute Gasteiger partial charge is 0.461 e. The third kappa shape index (κ3) is 4.04. The van der Waals surface area contributed by atoms with E-state index in [1.165, 1.54) is 12.1 Å². The van der Waals surface area contributed by atoms with Crippen molar-refractivity contribution in [3.63, 3.8) is 0 Å². The minimum atomic E-state index is -3.99. The second-order valence-corrected chi connectivity index (χ2v) is 11.0. The summed E-state index contributed by atoms with van der Waals surface area (Å²) in [6.45, 7) is 8.34. The quantitative estimate of drug-likeness (QED) is 0.418. The van der Waals surface area contributed by atoms with Gasteiger partial charge in [-0.3, -0.25) is 14.8 Å². The van der Waals surface area contributed by atoms with Gasteiger partial charge in [0.2, 0.25) is 0 Å². The number of hydrogen-bond acceptors (Lipinski definition) is 5. The molecule has 1 heterocycles. The molecule has 0 spiro atoms. The minimum Gasteiger partial charge on any atom is -0.461 e. The number of nitrogens with one attached hydrogen (secondary N) is 1. The number of fused-ring (bicyclic) bond motifs is 3. The van der Waals surface area contributed by atoms with Crippen LogP contribution in [0.2, 0.25) is 0 Å². The van der Waals surface area contributed by atoms with E-state index in [1.807, 2.05) is 0 Å². The monoisotopic (exact) mass is 442 g/mol. The fourth-order valence-electron chi connectivity index (χ4n) is 4.28. The van der Waals surface area contributed by atoms with Gasteiger partial charge in [-0.2, -0.15) is 0 Å². The summed E-state index contributed by atoms with van der Waals surface area (Å²) in [6.07, 6.45) is 2.84. The Morgan fingerprint density at radius 3 is 2.58 bits per heavy atom. The van der Waals surface area contributed by atoms with Crippen molar-refractivity contribution < 1.29 is 17.8 Å². The molecule has 1 aliphatic rings.